The number of fused-ring (bicyclic) bond motifs is 2. The smallest absolute Gasteiger partial charge is 0.162 e. The summed E-state index contributed by atoms with van der Waals surface area (Å²) >= 11 is 5.78. The van der Waals surface area contributed by atoms with Crippen molar-refractivity contribution in [2.75, 3.05) is 24.9 Å². The van der Waals surface area contributed by atoms with Crippen LogP contribution in [0.5, 0.6) is 11.5 Å². The highest BCUT2D eigenvalue weighted by atomic mass is 35.5. The molecule has 0 amide bonds. The SMILES string of the molecule is COc1cc2ncnc(Nc3ccc4c(cnn4Cc4cccc(F)c4)c3)c2cc1OCCCCl. The van der Waals surface area contributed by atoms with E-state index in [-0.39, 0.29) is 5.82 Å². The number of benzene rings is 3. The van der Waals surface area contributed by atoms with E-state index in [0.29, 0.717) is 36.3 Å². The van der Waals surface area contributed by atoms with Crippen molar-refractivity contribution in [3.8, 4) is 11.5 Å². The molecule has 178 valence electrons. The maximum absolute atomic E-state index is 13.6. The summed E-state index contributed by atoms with van der Waals surface area (Å²) < 4.78 is 26.8. The molecule has 2 aromatic heterocycles. The number of nitrogens with zero attached hydrogens (tertiary/aromatic N) is 4. The number of ether oxygens (including phenoxy) is 2. The van der Waals surface area contributed by atoms with Gasteiger partial charge in [0.2, 0.25) is 0 Å². The predicted octanol–water partition coefficient (Wildman–Crippen LogP) is 5.93. The first kappa shape index (κ1) is 22.9. The lowest BCUT2D eigenvalue weighted by Gasteiger charge is -2.14. The molecule has 0 atom stereocenters. The first-order valence-corrected chi connectivity index (χ1v) is 11.7. The lowest BCUT2D eigenvalue weighted by atomic mass is 10.2. The van der Waals surface area contributed by atoms with Crippen molar-refractivity contribution in [1.82, 2.24) is 19.7 Å². The Morgan fingerprint density at radius 1 is 1.06 bits per heavy atom. The van der Waals surface area contributed by atoms with Gasteiger partial charge in [-0.05, 0) is 48.4 Å². The van der Waals surface area contributed by atoms with Crippen molar-refractivity contribution in [3.05, 3.63) is 78.5 Å². The molecule has 0 aliphatic heterocycles. The van der Waals surface area contributed by atoms with Gasteiger partial charge >= 0.3 is 0 Å². The number of hydrogen-bond donors (Lipinski definition) is 1. The molecule has 0 fully saturated rings. The maximum atomic E-state index is 13.6. The number of anilines is 2. The van der Waals surface area contributed by atoms with Gasteiger partial charge < -0.3 is 14.8 Å². The van der Waals surface area contributed by atoms with Gasteiger partial charge in [0.15, 0.2) is 11.5 Å². The van der Waals surface area contributed by atoms with Crippen LogP contribution in [0.2, 0.25) is 0 Å². The first-order valence-electron chi connectivity index (χ1n) is 11.1. The van der Waals surface area contributed by atoms with Crippen LogP contribution in [0, 0.1) is 5.82 Å². The minimum Gasteiger partial charge on any atom is -0.493 e. The summed E-state index contributed by atoms with van der Waals surface area (Å²) in [5.41, 5.74) is 3.38. The molecule has 5 aromatic rings. The Labute approximate surface area is 206 Å². The minimum atomic E-state index is -0.257. The lowest BCUT2D eigenvalue weighted by molar-refractivity contribution is 0.295. The van der Waals surface area contributed by atoms with E-state index < -0.39 is 0 Å². The van der Waals surface area contributed by atoms with E-state index in [1.165, 1.54) is 18.5 Å². The highest BCUT2D eigenvalue weighted by Crippen LogP contribution is 2.35. The van der Waals surface area contributed by atoms with Crippen molar-refractivity contribution in [3.63, 3.8) is 0 Å². The standard InChI is InChI=1S/C26H23ClFN5O2/c1-34-24-13-22-21(12-25(24)35-9-3-8-27)26(30-16-29-22)32-20-6-7-23-18(11-20)14-31-33(23)15-17-4-2-5-19(28)10-17/h2,4-7,10-14,16H,3,8-9,15H2,1H3,(H,29,30,32). The molecule has 0 saturated heterocycles. The molecule has 0 unspecified atom stereocenters. The van der Waals surface area contributed by atoms with E-state index in [9.17, 15) is 4.39 Å². The second-order valence-electron chi connectivity index (χ2n) is 7.96. The zero-order valence-electron chi connectivity index (χ0n) is 19.0. The van der Waals surface area contributed by atoms with E-state index in [1.54, 1.807) is 19.4 Å². The average Bonchev–Trinajstić information content (AvgIpc) is 3.26. The quantitative estimate of drug-likeness (QED) is 0.203. The second kappa shape index (κ2) is 10.1. The largest absolute Gasteiger partial charge is 0.493 e. The van der Waals surface area contributed by atoms with Gasteiger partial charge in [-0.2, -0.15) is 5.10 Å². The zero-order valence-corrected chi connectivity index (χ0v) is 19.8. The van der Waals surface area contributed by atoms with Gasteiger partial charge in [-0.1, -0.05) is 12.1 Å². The van der Waals surface area contributed by atoms with Crippen LogP contribution in [0.3, 0.4) is 0 Å². The third-order valence-corrected chi connectivity index (χ3v) is 5.85. The molecule has 7 nitrogen and oxygen atoms in total. The predicted molar refractivity (Wildman–Crippen MR) is 135 cm³/mol. The molecule has 2 heterocycles. The number of methoxy groups -OCH3 is 1. The van der Waals surface area contributed by atoms with Crippen LogP contribution >= 0.6 is 11.6 Å². The summed E-state index contributed by atoms with van der Waals surface area (Å²) in [6.07, 6.45) is 4.03. The van der Waals surface area contributed by atoms with Crippen molar-refractivity contribution in [2.45, 2.75) is 13.0 Å². The lowest BCUT2D eigenvalue weighted by Crippen LogP contribution is -2.02. The number of nitrogens with one attached hydrogen (secondary N) is 1. The van der Waals surface area contributed by atoms with Crippen molar-refractivity contribution >= 4 is 44.9 Å². The van der Waals surface area contributed by atoms with Crippen LogP contribution in [0.1, 0.15) is 12.0 Å². The molecule has 35 heavy (non-hydrogen) atoms. The summed E-state index contributed by atoms with van der Waals surface area (Å²) in [4.78, 5) is 8.83. The molecular weight excluding hydrogens is 469 g/mol. The molecule has 0 radical (unpaired) electrons. The molecule has 1 N–H and O–H groups in total. The van der Waals surface area contributed by atoms with Gasteiger partial charge in [0.1, 0.15) is 18.0 Å². The Morgan fingerprint density at radius 2 is 1.97 bits per heavy atom. The van der Waals surface area contributed by atoms with Crippen LogP contribution < -0.4 is 14.8 Å². The molecule has 3 aromatic carbocycles. The third-order valence-electron chi connectivity index (χ3n) is 5.58. The Balaban J connectivity index is 1.43. The van der Waals surface area contributed by atoms with E-state index in [1.807, 2.05) is 41.1 Å². The summed E-state index contributed by atoms with van der Waals surface area (Å²) in [6.45, 7) is 0.969. The molecular formula is C26H23ClFN5O2. The van der Waals surface area contributed by atoms with Crippen LogP contribution in [0.4, 0.5) is 15.9 Å². The second-order valence-corrected chi connectivity index (χ2v) is 8.34. The number of hydrogen-bond acceptors (Lipinski definition) is 6. The van der Waals surface area contributed by atoms with E-state index >= 15 is 0 Å². The number of aromatic nitrogens is 4. The fourth-order valence-electron chi connectivity index (χ4n) is 3.91. The Kier molecular flexibility index (Phi) is 6.63. The van der Waals surface area contributed by atoms with E-state index in [4.69, 9.17) is 21.1 Å². The monoisotopic (exact) mass is 491 g/mol. The number of halogens is 2. The highest BCUT2D eigenvalue weighted by molar-refractivity contribution is 6.17. The van der Waals surface area contributed by atoms with Crippen LogP contribution in [0.25, 0.3) is 21.8 Å². The normalized spacial score (nSPS) is 11.2. The van der Waals surface area contributed by atoms with Crippen molar-refractivity contribution < 1.29 is 13.9 Å². The van der Waals surface area contributed by atoms with Gasteiger partial charge in [0, 0.05) is 28.4 Å². The van der Waals surface area contributed by atoms with Crippen LogP contribution in [0.15, 0.2) is 67.1 Å². The van der Waals surface area contributed by atoms with Gasteiger partial charge in [0.25, 0.3) is 0 Å². The minimum absolute atomic E-state index is 0.257. The van der Waals surface area contributed by atoms with Crippen LogP contribution in [-0.2, 0) is 6.54 Å². The topological polar surface area (TPSA) is 74.1 Å². The summed E-state index contributed by atoms with van der Waals surface area (Å²) in [5, 5.41) is 9.62. The first-order chi connectivity index (χ1) is 17.1. The fraction of sp³-hybridized carbons (Fsp3) is 0.192. The molecule has 0 saturated carbocycles. The van der Waals surface area contributed by atoms with E-state index in [0.717, 1.165) is 39.5 Å². The highest BCUT2D eigenvalue weighted by Gasteiger charge is 2.13. The number of rotatable bonds is 9. The van der Waals surface area contributed by atoms with Gasteiger partial charge in [-0.15, -0.1) is 11.6 Å². The zero-order chi connectivity index (χ0) is 24.2. The van der Waals surface area contributed by atoms with Gasteiger partial charge in [-0.25, -0.2) is 14.4 Å². The Bertz CT molecular complexity index is 1490. The van der Waals surface area contributed by atoms with E-state index in [2.05, 4.69) is 20.4 Å². The molecule has 0 spiro atoms. The van der Waals surface area contributed by atoms with Crippen LogP contribution in [-0.4, -0.2) is 39.3 Å². The fourth-order valence-corrected chi connectivity index (χ4v) is 4.02. The third kappa shape index (κ3) is 4.97. The average molecular weight is 492 g/mol. The molecule has 0 aliphatic rings. The van der Waals surface area contributed by atoms with Gasteiger partial charge in [0.05, 0.1) is 37.5 Å². The molecule has 5 rings (SSSR count). The summed E-state index contributed by atoms with van der Waals surface area (Å²) in [6, 6.07) is 16.2. The van der Waals surface area contributed by atoms with Gasteiger partial charge in [-0.3, -0.25) is 4.68 Å². The van der Waals surface area contributed by atoms with Crippen molar-refractivity contribution in [2.24, 2.45) is 0 Å². The summed E-state index contributed by atoms with van der Waals surface area (Å²) in [7, 11) is 1.60. The maximum Gasteiger partial charge on any atom is 0.162 e. The molecule has 0 bridgehead atoms. The Morgan fingerprint density at radius 3 is 2.80 bits per heavy atom. The number of alkyl halides is 1. The molecule has 9 heteroatoms. The summed E-state index contributed by atoms with van der Waals surface area (Å²) in [5.74, 6) is 2.12. The molecule has 0 aliphatic carbocycles. The Hall–Kier alpha value is -3.91. The van der Waals surface area contributed by atoms with Crippen molar-refractivity contribution in [1.29, 1.82) is 0 Å².